The van der Waals surface area contributed by atoms with E-state index >= 15 is 0 Å². The molecule has 27 heavy (non-hydrogen) atoms. The van der Waals surface area contributed by atoms with Crippen LogP contribution in [0.2, 0.25) is 0 Å². The lowest BCUT2D eigenvalue weighted by atomic mass is 9.79. The zero-order valence-electron chi connectivity index (χ0n) is 16.0. The second kappa shape index (κ2) is 6.92. The number of nitrogen functional groups attached to an aromatic ring is 1. The maximum absolute atomic E-state index is 13.4. The summed E-state index contributed by atoms with van der Waals surface area (Å²) in [4.78, 5) is 8.38. The maximum atomic E-state index is 13.4. The molecule has 1 aromatic heterocycles. The molecule has 0 spiro atoms. The molecule has 2 aromatic rings. The SMILES string of the molecule is CC1(C)CC(Nc2ncnc(Nc3ccc(F)c(F)c3)c2N)CC(C)(C)N1. The minimum absolute atomic E-state index is 0.0199. The summed E-state index contributed by atoms with van der Waals surface area (Å²) < 4.78 is 26.5. The summed E-state index contributed by atoms with van der Waals surface area (Å²) in [6.45, 7) is 8.67. The Hall–Kier alpha value is -2.48. The Kier molecular flexibility index (Phi) is 4.94. The smallest absolute Gasteiger partial charge is 0.160 e. The molecule has 0 saturated carbocycles. The van der Waals surface area contributed by atoms with Gasteiger partial charge in [-0.05, 0) is 52.7 Å². The van der Waals surface area contributed by atoms with E-state index in [9.17, 15) is 8.78 Å². The summed E-state index contributed by atoms with van der Waals surface area (Å²) in [5.41, 5.74) is 6.86. The van der Waals surface area contributed by atoms with E-state index < -0.39 is 11.6 Å². The van der Waals surface area contributed by atoms with E-state index in [2.05, 4.69) is 53.6 Å². The molecule has 0 atom stereocenters. The van der Waals surface area contributed by atoms with Crippen molar-refractivity contribution in [3.63, 3.8) is 0 Å². The van der Waals surface area contributed by atoms with E-state index in [1.165, 1.54) is 12.4 Å². The minimum Gasteiger partial charge on any atom is -0.393 e. The summed E-state index contributed by atoms with van der Waals surface area (Å²) >= 11 is 0. The van der Waals surface area contributed by atoms with E-state index in [0.717, 1.165) is 25.0 Å². The van der Waals surface area contributed by atoms with Crippen molar-refractivity contribution in [2.45, 2.75) is 57.7 Å². The van der Waals surface area contributed by atoms with Crippen LogP contribution in [0.5, 0.6) is 0 Å². The number of piperidine rings is 1. The highest BCUT2D eigenvalue weighted by Gasteiger charge is 2.37. The number of rotatable bonds is 4. The lowest BCUT2D eigenvalue weighted by Crippen LogP contribution is -2.60. The molecule has 1 aromatic carbocycles. The minimum atomic E-state index is -0.940. The van der Waals surface area contributed by atoms with Gasteiger partial charge in [0.15, 0.2) is 23.3 Å². The summed E-state index contributed by atoms with van der Waals surface area (Å²) in [6, 6.07) is 3.71. The Morgan fingerprint density at radius 2 is 1.67 bits per heavy atom. The molecule has 1 aliphatic rings. The average Bonchev–Trinajstić information content (AvgIpc) is 2.52. The fourth-order valence-corrected chi connectivity index (χ4v) is 3.94. The molecule has 1 aliphatic heterocycles. The van der Waals surface area contributed by atoms with Crippen LogP contribution >= 0.6 is 0 Å². The first-order valence-electron chi connectivity index (χ1n) is 8.93. The van der Waals surface area contributed by atoms with Gasteiger partial charge in [-0.15, -0.1) is 0 Å². The number of nitrogens with two attached hydrogens (primary N) is 1. The topological polar surface area (TPSA) is 87.9 Å². The molecular formula is C19H26F2N6. The van der Waals surface area contributed by atoms with Crippen LogP contribution in [0.3, 0.4) is 0 Å². The first-order valence-corrected chi connectivity index (χ1v) is 8.93. The predicted molar refractivity (Wildman–Crippen MR) is 104 cm³/mol. The molecule has 0 bridgehead atoms. The van der Waals surface area contributed by atoms with Gasteiger partial charge in [0.1, 0.15) is 12.0 Å². The highest BCUT2D eigenvalue weighted by atomic mass is 19.2. The monoisotopic (exact) mass is 376 g/mol. The van der Waals surface area contributed by atoms with Gasteiger partial charge in [-0.3, -0.25) is 0 Å². The Morgan fingerprint density at radius 1 is 1.04 bits per heavy atom. The van der Waals surface area contributed by atoms with E-state index in [1.54, 1.807) is 0 Å². The number of aromatic nitrogens is 2. The van der Waals surface area contributed by atoms with E-state index in [4.69, 9.17) is 5.73 Å². The number of nitrogens with zero attached hydrogens (tertiary/aromatic N) is 2. The van der Waals surface area contributed by atoms with Crippen LogP contribution in [-0.4, -0.2) is 27.1 Å². The molecule has 0 unspecified atom stereocenters. The second-order valence-electron chi connectivity index (χ2n) is 8.38. The third-order valence-corrected chi connectivity index (χ3v) is 4.60. The molecule has 5 N–H and O–H groups in total. The zero-order chi connectivity index (χ0) is 19.8. The summed E-state index contributed by atoms with van der Waals surface area (Å²) in [5.74, 6) is -0.987. The van der Waals surface area contributed by atoms with Crippen molar-refractivity contribution in [2.75, 3.05) is 16.4 Å². The second-order valence-corrected chi connectivity index (χ2v) is 8.38. The predicted octanol–water partition coefficient (Wildman–Crippen LogP) is 3.80. The normalized spacial score (nSPS) is 18.9. The highest BCUT2D eigenvalue weighted by molar-refractivity contribution is 5.77. The number of benzene rings is 1. The standard InChI is InChI=1S/C19H26F2N6/c1-18(2)8-12(9-19(3,4)27-18)26-17-15(22)16(23-10-24-17)25-11-5-6-13(20)14(21)7-11/h5-7,10,12,27H,8-9,22H2,1-4H3,(H2,23,24,25,26). The van der Waals surface area contributed by atoms with E-state index in [0.29, 0.717) is 23.0 Å². The molecule has 0 radical (unpaired) electrons. The van der Waals surface area contributed by atoms with Crippen molar-refractivity contribution in [3.8, 4) is 0 Å². The van der Waals surface area contributed by atoms with Gasteiger partial charge in [-0.25, -0.2) is 18.7 Å². The number of nitrogens with one attached hydrogen (secondary N) is 3. The van der Waals surface area contributed by atoms with Crippen molar-refractivity contribution in [3.05, 3.63) is 36.2 Å². The highest BCUT2D eigenvalue weighted by Crippen LogP contribution is 2.33. The van der Waals surface area contributed by atoms with Gasteiger partial charge >= 0.3 is 0 Å². The van der Waals surface area contributed by atoms with Gasteiger partial charge in [-0.2, -0.15) is 0 Å². The van der Waals surface area contributed by atoms with Gasteiger partial charge in [0, 0.05) is 28.9 Å². The third-order valence-electron chi connectivity index (χ3n) is 4.60. The van der Waals surface area contributed by atoms with Crippen molar-refractivity contribution in [1.82, 2.24) is 15.3 Å². The molecule has 1 saturated heterocycles. The van der Waals surface area contributed by atoms with Crippen molar-refractivity contribution in [1.29, 1.82) is 0 Å². The van der Waals surface area contributed by atoms with Crippen molar-refractivity contribution < 1.29 is 8.78 Å². The number of anilines is 4. The first kappa shape index (κ1) is 19.3. The molecule has 146 valence electrons. The average molecular weight is 376 g/mol. The van der Waals surface area contributed by atoms with Crippen LogP contribution in [0, 0.1) is 11.6 Å². The molecule has 6 nitrogen and oxygen atoms in total. The van der Waals surface area contributed by atoms with E-state index in [1.807, 2.05) is 0 Å². The fraction of sp³-hybridized carbons (Fsp3) is 0.474. The molecule has 3 rings (SSSR count). The molecule has 0 amide bonds. The Morgan fingerprint density at radius 3 is 2.30 bits per heavy atom. The van der Waals surface area contributed by atoms with Crippen LogP contribution in [0.15, 0.2) is 24.5 Å². The third kappa shape index (κ3) is 4.63. The van der Waals surface area contributed by atoms with Crippen LogP contribution in [0.1, 0.15) is 40.5 Å². The van der Waals surface area contributed by atoms with Gasteiger partial charge in [0.25, 0.3) is 0 Å². The molecule has 1 fully saturated rings. The summed E-state index contributed by atoms with van der Waals surface area (Å²) in [7, 11) is 0. The van der Waals surface area contributed by atoms with Crippen LogP contribution < -0.4 is 21.7 Å². The molecule has 2 heterocycles. The molecular weight excluding hydrogens is 350 g/mol. The maximum Gasteiger partial charge on any atom is 0.160 e. The van der Waals surface area contributed by atoms with Crippen LogP contribution in [-0.2, 0) is 0 Å². The number of hydrogen-bond donors (Lipinski definition) is 4. The Labute approximate surface area is 158 Å². The van der Waals surface area contributed by atoms with Gasteiger partial charge < -0.3 is 21.7 Å². The largest absolute Gasteiger partial charge is 0.393 e. The lowest BCUT2D eigenvalue weighted by molar-refractivity contribution is 0.170. The van der Waals surface area contributed by atoms with E-state index in [-0.39, 0.29) is 17.1 Å². The van der Waals surface area contributed by atoms with Gasteiger partial charge in [0.05, 0.1) is 0 Å². The van der Waals surface area contributed by atoms with Crippen molar-refractivity contribution in [2.24, 2.45) is 0 Å². The Bertz CT molecular complexity index is 821. The summed E-state index contributed by atoms with van der Waals surface area (Å²) in [6.07, 6.45) is 3.20. The fourth-order valence-electron chi connectivity index (χ4n) is 3.94. The lowest BCUT2D eigenvalue weighted by Gasteiger charge is -2.46. The van der Waals surface area contributed by atoms with Gasteiger partial charge in [-0.1, -0.05) is 0 Å². The first-order chi connectivity index (χ1) is 12.5. The molecule has 0 aliphatic carbocycles. The number of hydrogen-bond acceptors (Lipinski definition) is 6. The zero-order valence-corrected chi connectivity index (χ0v) is 16.0. The summed E-state index contributed by atoms with van der Waals surface area (Å²) in [5, 5.41) is 9.97. The van der Waals surface area contributed by atoms with Crippen LogP contribution in [0.4, 0.5) is 31.8 Å². The van der Waals surface area contributed by atoms with Crippen molar-refractivity contribution >= 4 is 23.0 Å². The van der Waals surface area contributed by atoms with Gasteiger partial charge in [0.2, 0.25) is 0 Å². The quantitative estimate of drug-likeness (QED) is 0.649. The van der Waals surface area contributed by atoms with Crippen LogP contribution in [0.25, 0.3) is 0 Å². The Balaban J connectivity index is 1.79. The molecule has 8 heteroatoms. The number of halogens is 2.